The average Bonchev–Trinajstić information content (AvgIpc) is 3.29. The van der Waals surface area contributed by atoms with Crippen molar-refractivity contribution < 1.29 is 37.6 Å². The lowest BCUT2D eigenvalue weighted by molar-refractivity contribution is -0.148. The lowest BCUT2D eigenvalue weighted by atomic mass is 9.87. The van der Waals surface area contributed by atoms with Crippen LogP contribution in [0.4, 0.5) is 0 Å². The molecule has 2 aliphatic heterocycles. The Hall–Kier alpha value is -3.36. The first-order valence-electron chi connectivity index (χ1n) is 8.43. The van der Waals surface area contributed by atoms with Gasteiger partial charge in [0.2, 0.25) is 24.4 Å². The second kappa shape index (κ2) is 6.66. The van der Waals surface area contributed by atoms with E-state index in [1.807, 2.05) is 0 Å². The summed E-state index contributed by atoms with van der Waals surface area (Å²) < 4.78 is 37.8. The molecule has 1 aromatic heterocycles. The zero-order valence-corrected chi connectivity index (χ0v) is 15.7. The molecule has 0 amide bonds. The van der Waals surface area contributed by atoms with Crippen molar-refractivity contribution in [2.24, 2.45) is 0 Å². The van der Waals surface area contributed by atoms with Crippen LogP contribution in [0.3, 0.4) is 0 Å². The number of ether oxygens (including phenoxy) is 6. The highest BCUT2D eigenvalue weighted by atomic mass is 16.7. The number of benzene rings is 1. The molecule has 2 aromatic rings. The second-order valence-corrected chi connectivity index (χ2v) is 6.23. The molecule has 0 saturated heterocycles. The van der Waals surface area contributed by atoms with Crippen LogP contribution >= 0.6 is 0 Å². The van der Waals surface area contributed by atoms with Gasteiger partial charge in [0.1, 0.15) is 11.5 Å². The van der Waals surface area contributed by atoms with E-state index in [1.165, 1.54) is 21.3 Å². The van der Waals surface area contributed by atoms with Crippen LogP contribution in [0.1, 0.15) is 22.8 Å². The van der Waals surface area contributed by atoms with Crippen LogP contribution in [-0.4, -0.2) is 40.2 Å². The zero-order chi connectivity index (χ0) is 20.0. The summed E-state index contributed by atoms with van der Waals surface area (Å²) in [6.07, 6.45) is -1.11. The Morgan fingerprint density at radius 3 is 2.50 bits per heavy atom. The van der Waals surface area contributed by atoms with Crippen LogP contribution in [-0.2, 0) is 9.53 Å². The lowest BCUT2D eigenvalue weighted by Gasteiger charge is -2.21. The van der Waals surface area contributed by atoms with Gasteiger partial charge in [-0.05, 0) is 13.0 Å². The fourth-order valence-electron chi connectivity index (χ4n) is 3.59. The lowest BCUT2D eigenvalue weighted by Crippen LogP contribution is -2.32. The van der Waals surface area contributed by atoms with Crippen LogP contribution in [0.25, 0.3) is 0 Å². The molecule has 0 fully saturated rings. The van der Waals surface area contributed by atoms with Gasteiger partial charge in [0, 0.05) is 11.6 Å². The van der Waals surface area contributed by atoms with E-state index in [-0.39, 0.29) is 18.1 Å². The number of carbonyl (C=O) groups is 1. The van der Waals surface area contributed by atoms with Crippen molar-refractivity contribution >= 4 is 5.97 Å². The highest BCUT2D eigenvalue weighted by Gasteiger charge is 2.46. The standard InChI is InChI=1S/C19H18O9/c1-8-5-10-13(18(20)27-8)12(16(28-10)19(21)24-4)9-6-11-15(26-7-25-11)17(23-3)14(9)22-2/h5-6,12,16H,7H2,1-4H3/t12-,16-/m0/s1. The highest BCUT2D eigenvalue weighted by molar-refractivity contribution is 5.80. The Morgan fingerprint density at radius 2 is 1.82 bits per heavy atom. The first kappa shape index (κ1) is 18.0. The Morgan fingerprint density at radius 1 is 1.07 bits per heavy atom. The van der Waals surface area contributed by atoms with E-state index in [4.69, 9.17) is 32.8 Å². The van der Waals surface area contributed by atoms with E-state index >= 15 is 0 Å². The number of rotatable bonds is 4. The topological polar surface area (TPSA) is 103 Å². The van der Waals surface area contributed by atoms with Crippen LogP contribution < -0.4 is 29.3 Å². The minimum absolute atomic E-state index is 0.0117. The minimum atomic E-state index is -1.11. The van der Waals surface area contributed by atoms with E-state index < -0.39 is 23.6 Å². The largest absolute Gasteiger partial charge is 0.492 e. The van der Waals surface area contributed by atoms with Gasteiger partial charge in [-0.25, -0.2) is 9.59 Å². The van der Waals surface area contributed by atoms with Gasteiger partial charge in [-0.3, -0.25) is 0 Å². The van der Waals surface area contributed by atoms with Crippen LogP contribution in [0.5, 0.6) is 28.7 Å². The Labute approximate surface area is 159 Å². The van der Waals surface area contributed by atoms with Crippen molar-refractivity contribution in [3.05, 3.63) is 39.4 Å². The molecule has 0 aliphatic carbocycles. The maximum atomic E-state index is 12.6. The molecule has 0 spiro atoms. The second-order valence-electron chi connectivity index (χ2n) is 6.23. The number of fused-ring (bicyclic) bond motifs is 2. The quantitative estimate of drug-likeness (QED) is 0.723. The molecule has 1 aromatic carbocycles. The number of methoxy groups -OCH3 is 3. The molecule has 0 unspecified atom stereocenters. The number of carbonyl (C=O) groups excluding carboxylic acids is 1. The monoisotopic (exact) mass is 390 g/mol. The van der Waals surface area contributed by atoms with Gasteiger partial charge in [-0.15, -0.1) is 0 Å². The molecule has 4 rings (SSSR count). The summed E-state index contributed by atoms with van der Waals surface area (Å²) in [4.78, 5) is 25.1. The molecule has 28 heavy (non-hydrogen) atoms. The molecule has 3 heterocycles. The van der Waals surface area contributed by atoms with E-state index in [0.717, 1.165) is 0 Å². The first-order chi connectivity index (χ1) is 13.5. The summed E-state index contributed by atoms with van der Waals surface area (Å²) in [6.45, 7) is 1.63. The van der Waals surface area contributed by atoms with Crippen molar-refractivity contribution in [3.63, 3.8) is 0 Å². The number of hydrogen-bond acceptors (Lipinski definition) is 9. The Kier molecular flexibility index (Phi) is 4.29. The van der Waals surface area contributed by atoms with Gasteiger partial charge < -0.3 is 32.8 Å². The third-order valence-electron chi connectivity index (χ3n) is 4.72. The van der Waals surface area contributed by atoms with Crippen LogP contribution in [0.15, 0.2) is 21.3 Å². The summed E-state index contributed by atoms with van der Waals surface area (Å²) in [5, 5.41) is 0. The van der Waals surface area contributed by atoms with Gasteiger partial charge >= 0.3 is 11.6 Å². The van der Waals surface area contributed by atoms with Gasteiger partial charge in [-0.2, -0.15) is 0 Å². The molecule has 9 nitrogen and oxygen atoms in total. The number of aryl methyl sites for hydroxylation is 1. The minimum Gasteiger partial charge on any atom is -0.492 e. The Bertz CT molecular complexity index is 1010. The van der Waals surface area contributed by atoms with E-state index in [0.29, 0.717) is 34.3 Å². The van der Waals surface area contributed by atoms with Crippen LogP contribution in [0.2, 0.25) is 0 Å². The highest BCUT2D eigenvalue weighted by Crippen LogP contribution is 2.54. The zero-order valence-electron chi connectivity index (χ0n) is 15.7. The smallest absolute Gasteiger partial charge is 0.348 e. The number of esters is 1. The predicted octanol–water partition coefficient (Wildman–Crippen LogP) is 1.76. The van der Waals surface area contributed by atoms with E-state index in [9.17, 15) is 9.59 Å². The summed E-state index contributed by atoms with van der Waals surface area (Å²) in [7, 11) is 4.15. The summed E-state index contributed by atoms with van der Waals surface area (Å²) >= 11 is 0. The maximum Gasteiger partial charge on any atom is 0.348 e. The normalized spacial score (nSPS) is 19.0. The molecule has 2 aliphatic rings. The number of hydrogen-bond donors (Lipinski definition) is 0. The fraction of sp³-hybridized carbons (Fsp3) is 0.368. The van der Waals surface area contributed by atoms with E-state index in [1.54, 1.807) is 19.1 Å². The molecule has 9 heteroatoms. The van der Waals surface area contributed by atoms with Crippen molar-refractivity contribution in [2.45, 2.75) is 18.9 Å². The Balaban J connectivity index is 1.99. The van der Waals surface area contributed by atoms with Gasteiger partial charge in [-0.1, -0.05) is 0 Å². The van der Waals surface area contributed by atoms with Gasteiger partial charge in [0.05, 0.1) is 32.8 Å². The predicted molar refractivity (Wildman–Crippen MR) is 93.7 cm³/mol. The van der Waals surface area contributed by atoms with Gasteiger partial charge in [0.15, 0.2) is 11.5 Å². The fourth-order valence-corrected chi connectivity index (χ4v) is 3.59. The third-order valence-corrected chi connectivity index (χ3v) is 4.72. The summed E-state index contributed by atoms with van der Waals surface area (Å²) in [6, 6.07) is 3.20. The SMILES string of the molecule is COC(=O)[C@H]1Oc2cc(C)oc(=O)c2[C@@H]1c1cc2c(c(OC)c1OC)OCO2. The molecule has 0 saturated carbocycles. The van der Waals surface area contributed by atoms with Crippen molar-refractivity contribution in [1.82, 2.24) is 0 Å². The van der Waals surface area contributed by atoms with Crippen molar-refractivity contribution in [3.8, 4) is 28.7 Å². The van der Waals surface area contributed by atoms with E-state index in [2.05, 4.69) is 0 Å². The van der Waals surface area contributed by atoms with Gasteiger partial charge in [0.25, 0.3) is 0 Å². The van der Waals surface area contributed by atoms with Crippen LogP contribution in [0, 0.1) is 6.92 Å². The molecule has 2 atom stereocenters. The molecule has 0 bridgehead atoms. The molecule has 0 radical (unpaired) electrons. The molecule has 148 valence electrons. The van der Waals surface area contributed by atoms with Crippen molar-refractivity contribution in [2.75, 3.05) is 28.1 Å². The molecular weight excluding hydrogens is 372 g/mol. The molecular formula is C19H18O9. The third kappa shape index (κ3) is 2.54. The summed E-state index contributed by atoms with van der Waals surface area (Å²) in [5.41, 5.74) is 0.0409. The maximum absolute atomic E-state index is 12.6. The average molecular weight is 390 g/mol. The first-order valence-corrected chi connectivity index (χ1v) is 8.43. The van der Waals surface area contributed by atoms with Crippen molar-refractivity contribution in [1.29, 1.82) is 0 Å². The summed E-state index contributed by atoms with van der Waals surface area (Å²) in [5.74, 6) is 0.503. The molecule has 0 N–H and O–H groups in total.